The Morgan fingerprint density at radius 1 is 0.589 bits per heavy atom. The number of piperidine rings is 3. The predicted octanol–water partition coefficient (Wildman–Crippen LogP) is 8.13. The molecule has 5 heterocycles. The van der Waals surface area contributed by atoms with E-state index >= 15 is 0 Å². The minimum atomic E-state index is -1.20. The molecule has 0 unspecified atom stereocenters. The van der Waals surface area contributed by atoms with E-state index in [1.807, 2.05) is 67.0 Å². The van der Waals surface area contributed by atoms with Crippen molar-refractivity contribution in [1.29, 1.82) is 5.59 Å². The number of hydrogen-bond acceptors (Lipinski definition) is 33. The number of carbonyl (C=O) groups excluding carboxylic acids is 6. The number of nitrogens with one attached hydrogen (secondary N) is 1. The summed E-state index contributed by atoms with van der Waals surface area (Å²) in [5.74, 6) is -3.94. The second-order valence-corrected chi connectivity index (χ2v) is 23.6. The number of carbonyl (C=O) groups is 6. The van der Waals surface area contributed by atoms with Gasteiger partial charge in [-0.25, -0.2) is 4.79 Å². The van der Waals surface area contributed by atoms with E-state index in [4.69, 9.17) is 55.2 Å². The number of aliphatic hydroxyl groups is 5. The van der Waals surface area contributed by atoms with Crippen LogP contribution in [0.15, 0.2) is 140 Å². The van der Waals surface area contributed by atoms with E-state index < -0.39 is 56.4 Å². The van der Waals surface area contributed by atoms with E-state index in [-0.39, 0.29) is 183 Å². The van der Waals surface area contributed by atoms with E-state index in [1.54, 1.807) is 49.4 Å². The third kappa shape index (κ3) is 35.0. The van der Waals surface area contributed by atoms with Crippen molar-refractivity contribution < 1.29 is 165 Å². The van der Waals surface area contributed by atoms with E-state index in [2.05, 4.69) is 21.8 Å². The molecule has 3 aliphatic heterocycles. The molecule has 10 rings (SSSR count). The Morgan fingerprint density at radius 3 is 1.38 bits per heavy atom. The molecule has 2 aromatic heterocycles. The van der Waals surface area contributed by atoms with Crippen LogP contribution in [-0.2, 0) is 73.7 Å². The van der Waals surface area contributed by atoms with Gasteiger partial charge in [0, 0.05) is 111 Å². The standard InChI is InChI=1S/C31H39NO6.C15H10O5.C9H6O4.C6H13NO2.C6H11NO2.C5H8O2.5CH4.2Fe.HNO.2H2O2.3H2O/c1-6-30(4,18-32-15-13-21(34)14-16-32)26-28(37)25(31(5,7-2)19(3)33)27(36)24-22(35)17-23(38-29(24)26)20-11-9-8-10-12-20;16-9-6-11(8-4-2-1-3-5-8)20-12-7-10(17)14(18)15(19)13(9)12;10-6-13-9(12)8(11)7-4-2-1-3-5-7;2*8-5-7-3-1-6(9)2-4-7;1-2-5(7)3-4-6;;;;;;;;3*1-2;;;/h8-12,17,21,34,36-37H,6-7,13-16,18H2,1-5H3;1-7,17-19H;1-6H;6,8-9H,1-5H2;8H,1-5H2;2,6H,1,3-4H2;5*1H4;;;1H;2*1-2H;3*1H2/q;;;;;;;;;;;2*+2;;;;;;/p-5/t30-,31+;;;;;;;;;;;;;;;;;;/m1................../s1. The van der Waals surface area contributed by atoms with Gasteiger partial charge in [0.1, 0.15) is 56.5 Å². The molecular weight excluding hydrogens is 1560 g/mol. The smallest absolute Gasteiger partial charge is 0.870 e. The van der Waals surface area contributed by atoms with Gasteiger partial charge in [-0.1, -0.05) is 161 Å². The summed E-state index contributed by atoms with van der Waals surface area (Å²) in [6, 6.07) is 29.7. The molecule has 0 spiro atoms. The van der Waals surface area contributed by atoms with Crippen LogP contribution in [0.25, 0.3) is 44.6 Å². The van der Waals surface area contributed by atoms with Gasteiger partial charge in [-0.05, 0) is 58.4 Å². The fourth-order valence-electron chi connectivity index (χ4n) is 10.8. The van der Waals surface area contributed by atoms with Gasteiger partial charge < -0.3 is 107 Å². The van der Waals surface area contributed by atoms with Gasteiger partial charge in [0.2, 0.25) is 5.75 Å². The van der Waals surface area contributed by atoms with Gasteiger partial charge in [-0.3, -0.25) is 43.4 Å². The largest absolute Gasteiger partial charge is 2.00 e. The number of esters is 1. The number of aromatic hydroxyl groups is 5. The van der Waals surface area contributed by atoms with Crippen molar-refractivity contribution in [1.82, 2.24) is 14.7 Å². The van der Waals surface area contributed by atoms with E-state index in [0.29, 0.717) is 92.2 Å². The van der Waals surface area contributed by atoms with Crippen LogP contribution in [0.3, 0.4) is 0 Å². The van der Waals surface area contributed by atoms with Crippen molar-refractivity contribution in [2.45, 2.75) is 153 Å². The number of fused-ring (bicyclic) bond motifs is 2. The SMILES string of the molecule is C.C.C.C.C.C=CC(=O)CCO.CC[C@](C)(CN1CCC(O)CC1)c1c(O)c([C@@](C)(CC)C(C)=O)c(O)c2c(=O)cc(-c3ccccc3)oc12.N=O.O=C1CCN(CO)CC1.O=COC(=O)C(=O)c1ccccc1.O=c1cc(-c2ccccc2)oc2cc(O)c(O)c(O)c12.OCN1CCC(O)CC1.[Fe+2].[Fe+2].[O-]O.[O-]O.[OH-].[OH-].[OH-]. The molecule has 2 atom stereocenters. The van der Waals surface area contributed by atoms with Crippen LogP contribution in [0.5, 0.6) is 28.7 Å². The van der Waals surface area contributed by atoms with Crippen LogP contribution < -0.4 is 21.4 Å². The van der Waals surface area contributed by atoms with Gasteiger partial charge in [0.25, 0.3) is 5.78 Å². The molecule has 5 aromatic carbocycles. The molecule has 0 amide bonds. The number of benzene rings is 5. The number of phenols is 5. The van der Waals surface area contributed by atoms with E-state index in [1.165, 1.54) is 37.3 Å². The molecule has 0 radical (unpaired) electrons. The summed E-state index contributed by atoms with van der Waals surface area (Å²) >= 11 is 0. The van der Waals surface area contributed by atoms with Crippen LogP contribution in [0.4, 0.5) is 0 Å². The molecule has 7 aromatic rings. The van der Waals surface area contributed by atoms with Gasteiger partial charge in [-0.15, -0.1) is 0 Å². The Balaban J connectivity index is -0.000000174. The van der Waals surface area contributed by atoms with E-state index in [9.17, 15) is 69.0 Å². The topological polar surface area (TPSA) is 602 Å². The Hall–Kier alpha value is -8.88. The fourth-order valence-corrected chi connectivity index (χ4v) is 10.8. The number of phenolic OH excluding ortho intramolecular Hbond substituents is 5. The number of allylic oxidation sites excluding steroid dienone is 1. The number of Topliss-reactive ketones (excluding diaryl/α,β-unsaturated/α-hetero) is 3. The number of ketones is 4. The summed E-state index contributed by atoms with van der Waals surface area (Å²) in [6.45, 7) is 17.4. The maximum Gasteiger partial charge on any atom is 2.00 e. The summed E-state index contributed by atoms with van der Waals surface area (Å²) in [5.41, 5.74) is 3.90. The average molecular weight is 1670 g/mol. The second kappa shape index (κ2) is 62.6. The normalized spacial score (nSPS) is 13.6. The minimum absolute atomic E-state index is 0. The Bertz CT molecular complexity index is 3930. The molecule has 3 fully saturated rings. The Kier molecular flexibility index (Phi) is 67.9. The third-order valence-electron chi connectivity index (χ3n) is 17.1. The van der Waals surface area contributed by atoms with Crippen molar-refractivity contribution >= 4 is 57.5 Å². The van der Waals surface area contributed by atoms with Gasteiger partial charge in [0.15, 0.2) is 28.1 Å². The second-order valence-electron chi connectivity index (χ2n) is 23.6. The number of likely N-dealkylation sites (tertiary alicyclic amines) is 3. The average Bonchev–Trinajstić information content (AvgIpc) is 0.717. The first kappa shape index (κ1) is 121. The van der Waals surface area contributed by atoms with E-state index in [0.717, 1.165) is 45.1 Å². The van der Waals surface area contributed by atoms with Crippen molar-refractivity contribution in [3.8, 4) is 51.4 Å². The minimum Gasteiger partial charge on any atom is -0.870 e. The number of hydrogen-bond donors (Lipinski definition) is 13. The molecule has 0 bridgehead atoms. The molecule has 35 heteroatoms. The molecule has 33 nitrogen and oxygen atoms in total. The Morgan fingerprint density at radius 2 is 1.00 bits per heavy atom. The first-order chi connectivity index (χ1) is 48.8. The molecular formula is C77H113Fe2N4O29-. The van der Waals surface area contributed by atoms with Crippen molar-refractivity contribution in [2.24, 2.45) is 0 Å². The number of rotatable bonds is 17. The monoisotopic (exact) mass is 1670 g/mol. The van der Waals surface area contributed by atoms with Crippen molar-refractivity contribution in [2.75, 3.05) is 65.9 Å². The predicted molar refractivity (Wildman–Crippen MR) is 409 cm³/mol. The summed E-state index contributed by atoms with van der Waals surface area (Å²) in [7, 11) is 0. The summed E-state index contributed by atoms with van der Waals surface area (Å²) in [6.07, 6.45) is 6.05. The van der Waals surface area contributed by atoms with Crippen LogP contribution in [-0.4, -0.2) is 206 Å². The van der Waals surface area contributed by atoms with Crippen LogP contribution in [0, 0.1) is 10.5 Å². The quantitative estimate of drug-likeness (QED) is 0.00349. The van der Waals surface area contributed by atoms with Crippen molar-refractivity contribution in [3.63, 3.8) is 0 Å². The van der Waals surface area contributed by atoms with Gasteiger partial charge in [-0.2, -0.15) is 4.91 Å². The van der Waals surface area contributed by atoms with Gasteiger partial charge in [0.05, 0.1) is 43.3 Å². The first-order valence-electron chi connectivity index (χ1n) is 32.0. The maximum atomic E-state index is 13.6. The molecule has 0 saturated carbocycles. The van der Waals surface area contributed by atoms with Crippen LogP contribution >= 0.6 is 0 Å². The van der Waals surface area contributed by atoms with Crippen LogP contribution in [0.2, 0.25) is 0 Å². The molecule has 3 saturated heterocycles. The molecule has 112 heavy (non-hydrogen) atoms. The molecule has 0 aliphatic carbocycles. The zero-order valence-corrected chi connectivity index (χ0v) is 61.5. The first-order valence-corrected chi connectivity index (χ1v) is 32.0. The summed E-state index contributed by atoms with van der Waals surface area (Å²) in [5, 5.41) is 122. The molecule has 16 N–H and O–H groups in total. The summed E-state index contributed by atoms with van der Waals surface area (Å²) in [4.78, 5) is 104. The zero-order chi connectivity index (χ0) is 76.9. The molecule has 632 valence electrons. The van der Waals surface area contributed by atoms with Gasteiger partial charge >= 0.3 is 46.6 Å². The number of nitrogens with zero attached hydrogens (tertiary/aromatic N) is 3. The Labute approximate surface area is 673 Å². The van der Waals surface area contributed by atoms with Crippen molar-refractivity contribution in [3.05, 3.63) is 164 Å². The zero-order valence-electron chi connectivity index (χ0n) is 59.3. The summed E-state index contributed by atoms with van der Waals surface area (Å²) < 4.78 is 15.8. The maximum absolute atomic E-state index is 13.6. The number of aliphatic hydroxyl groups excluding tert-OH is 5. The number of nitroso groups, excluding NO2 is 1. The third-order valence-corrected chi connectivity index (χ3v) is 17.1. The number of ether oxygens (including phenoxy) is 1. The van der Waals surface area contributed by atoms with Crippen LogP contribution in [0.1, 0.15) is 151 Å². The molecule has 3 aliphatic rings. The fraction of sp³-hybridized carbons (Fsp3) is 0.429.